The molecule has 3 aromatic carbocycles. The zero-order valence-electron chi connectivity index (χ0n) is 39.8. The molecular weight excluding hydrogens is 888 g/mol. The van der Waals surface area contributed by atoms with Crippen molar-refractivity contribution in [1.82, 2.24) is 30.7 Å². The Morgan fingerprint density at radius 1 is 0.985 bits per heavy atom. The number of nitrogens with one attached hydrogen (secondary N) is 3. The van der Waals surface area contributed by atoms with E-state index in [4.69, 9.17) is 21.1 Å². The number of likely N-dealkylation sites (tertiary alicyclic amines) is 1. The topological polar surface area (TPSA) is 183 Å². The molecule has 5 aromatic rings. The van der Waals surface area contributed by atoms with Gasteiger partial charge in [0.2, 0.25) is 17.7 Å². The zero-order valence-corrected chi connectivity index (χ0v) is 41.4. The van der Waals surface area contributed by atoms with Crippen molar-refractivity contribution >= 4 is 58.0 Å². The van der Waals surface area contributed by atoms with Gasteiger partial charge < -0.3 is 29.9 Å². The lowest BCUT2D eigenvalue weighted by Crippen LogP contribution is -2.58. The van der Waals surface area contributed by atoms with Crippen LogP contribution >= 0.6 is 22.9 Å². The lowest BCUT2D eigenvalue weighted by atomic mass is 9.85. The molecule has 0 aliphatic carbocycles. The normalized spacial score (nSPS) is 15.7. The van der Waals surface area contributed by atoms with E-state index in [2.05, 4.69) is 61.9 Å². The summed E-state index contributed by atoms with van der Waals surface area (Å²) in [6, 6.07) is 19.6. The highest BCUT2D eigenvalue weighted by atomic mass is 35.5. The molecule has 3 heterocycles. The lowest BCUT2D eigenvalue weighted by Gasteiger charge is -2.35. The second kappa shape index (κ2) is 22.1. The van der Waals surface area contributed by atoms with Gasteiger partial charge in [-0.3, -0.25) is 24.3 Å². The first-order valence-corrected chi connectivity index (χ1v) is 23.9. The van der Waals surface area contributed by atoms with Crippen molar-refractivity contribution in [2.24, 2.45) is 5.41 Å². The third-order valence-corrected chi connectivity index (χ3v) is 13.4. The number of ether oxygens (including phenoxy) is 2. The van der Waals surface area contributed by atoms with Crippen LogP contribution in [0.2, 0.25) is 5.02 Å². The molecule has 14 nitrogen and oxygen atoms in total. The Labute approximate surface area is 402 Å². The number of hydrogen-bond acceptors (Lipinski definition) is 11. The van der Waals surface area contributed by atoms with Gasteiger partial charge in [0.05, 0.1) is 44.9 Å². The fourth-order valence-electron chi connectivity index (χ4n) is 8.52. The maximum Gasteiger partial charge on any atom is 0.302 e. The van der Waals surface area contributed by atoms with Crippen LogP contribution in [0, 0.1) is 44.4 Å². The highest BCUT2D eigenvalue weighted by molar-refractivity contribution is 7.13. The quantitative estimate of drug-likeness (QED) is 0.0566. The molecule has 4 atom stereocenters. The number of anilines is 2. The van der Waals surface area contributed by atoms with E-state index >= 15 is 0 Å². The highest BCUT2D eigenvalue weighted by Crippen LogP contribution is 2.37. The third-order valence-electron chi connectivity index (χ3n) is 12.1. The van der Waals surface area contributed by atoms with E-state index in [0.717, 1.165) is 74.0 Å². The van der Waals surface area contributed by atoms with Crippen LogP contribution in [0.5, 0.6) is 0 Å². The van der Waals surface area contributed by atoms with Gasteiger partial charge in [-0.2, -0.15) is 10.4 Å². The molecule has 1 aliphatic rings. The van der Waals surface area contributed by atoms with Crippen LogP contribution in [-0.4, -0.2) is 88.3 Å². The van der Waals surface area contributed by atoms with Crippen LogP contribution in [-0.2, 0) is 28.7 Å². The molecule has 2 aromatic heterocycles. The number of aryl methyl sites for hydroxylation is 4. The summed E-state index contributed by atoms with van der Waals surface area (Å²) >= 11 is 8.10. The number of nitrogens with zero attached hydrogens (tertiary/aromatic N) is 5. The molecule has 0 radical (unpaired) electrons. The zero-order chi connectivity index (χ0) is 48.6. The molecule has 16 heteroatoms. The average Bonchev–Trinajstić information content (AvgIpc) is 4.00. The lowest BCUT2D eigenvalue weighted by molar-refractivity contribution is -0.147. The number of aromatic amines is 1. The molecule has 0 unspecified atom stereocenters. The molecule has 354 valence electrons. The number of thiazole rings is 1. The smallest absolute Gasteiger partial charge is 0.302 e. The van der Waals surface area contributed by atoms with Gasteiger partial charge >= 0.3 is 5.97 Å². The van der Waals surface area contributed by atoms with E-state index in [0.29, 0.717) is 30.2 Å². The van der Waals surface area contributed by atoms with Gasteiger partial charge in [0.1, 0.15) is 30.9 Å². The summed E-state index contributed by atoms with van der Waals surface area (Å²) in [6.45, 7) is 17.5. The van der Waals surface area contributed by atoms with Gasteiger partial charge in [-0.05, 0) is 106 Å². The standard InChI is InChI=1S/C51H61ClN8O6S/c1-30-13-14-38(46-32(3)57-58-33(46)4)23-43(30)59(40-20-19-39(26-53)42(52)24-40)21-11-10-12-22-65-28-45(62)56-48(51(7,8)9)50(64)60-27-41(66-35(6)61)25-44(60)49(63)55-31(2)36-15-17-37(18-16-36)47-34(5)54-29-67-47/h13-20,23-24,29,31,41,44,48H,10-12,21-22,25,27-28H2,1-9H3,(H,55,63)(H,56,62)(H,57,58)/t31-,41+,44-,48+/m0/s1. The number of esters is 1. The third kappa shape index (κ3) is 12.5. The van der Waals surface area contributed by atoms with Crippen molar-refractivity contribution in [2.45, 2.75) is 112 Å². The molecule has 1 saturated heterocycles. The first-order valence-electron chi connectivity index (χ1n) is 22.6. The average molecular weight is 950 g/mol. The number of H-pyrrole nitrogens is 1. The van der Waals surface area contributed by atoms with Gasteiger partial charge in [0.15, 0.2) is 0 Å². The molecule has 1 fully saturated rings. The van der Waals surface area contributed by atoms with Crippen LogP contribution in [0.25, 0.3) is 21.6 Å². The fourth-order valence-corrected chi connectivity index (χ4v) is 9.55. The van der Waals surface area contributed by atoms with Crippen LogP contribution in [0.15, 0.2) is 66.2 Å². The number of benzene rings is 3. The van der Waals surface area contributed by atoms with Gasteiger partial charge in [0.25, 0.3) is 0 Å². The number of amides is 3. The van der Waals surface area contributed by atoms with Crippen LogP contribution in [0.4, 0.5) is 11.4 Å². The van der Waals surface area contributed by atoms with E-state index in [9.17, 15) is 24.4 Å². The van der Waals surface area contributed by atoms with E-state index < -0.39 is 41.4 Å². The van der Waals surface area contributed by atoms with Gasteiger partial charge in [0, 0.05) is 49.1 Å². The first-order chi connectivity index (χ1) is 31.9. The van der Waals surface area contributed by atoms with Crippen molar-refractivity contribution < 1.29 is 28.7 Å². The Bertz CT molecular complexity index is 2590. The molecule has 6 rings (SSSR count). The van der Waals surface area contributed by atoms with E-state index in [1.807, 2.05) is 90.4 Å². The number of halogens is 1. The highest BCUT2D eigenvalue weighted by Gasteiger charge is 2.46. The Morgan fingerprint density at radius 2 is 1.72 bits per heavy atom. The number of unbranched alkanes of at least 4 members (excludes halogenated alkanes) is 2. The minimum absolute atomic E-state index is 0.0110. The maximum absolute atomic E-state index is 14.4. The Morgan fingerprint density at radius 3 is 2.34 bits per heavy atom. The minimum Gasteiger partial charge on any atom is -0.461 e. The molecule has 1 aliphatic heterocycles. The van der Waals surface area contributed by atoms with E-state index in [1.165, 1.54) is 11.8 Å². The molecule has 67 heavy (non-hydrogen) atoms. The van der Waals surface area contributed by atoms with Gasteiger partial charge in [-0.25, -0.2) is 4.98 Å². The SMILES string of the molecule is CC(=O)O[C@@H]1C[C@@H](C(=O)N[C@@H](C)c2ccc(-c3scnc3C)cc2)N(C(=O)[C@@H](NC(=O)COCCCCCN(c2ccc(C#N)c(Cl)c2)c2cc(-c3c(C)n[nH]c3C)ccc2C)C(C)(C)C)C1. The van der Waals surface area contributed by atoms with Crippen LogP contribution in [0.3, 0.4) is 0 Å². The molecule has 3 N–H and O–H groups in total. The fraction of sp³-hybridized carbons (Fsp3) is 0.431. The number of rotatable bonds is 18. The van der Waals surface area contributed by atoms with E-state index in [1.54, 1.807) is 17.4 Å². The largest absolute Gasteiger partial charge is 0.461 e. The van der Waals surface area contributed by atoms with Crippen molar-refractivity contribution in [3.05, 3.63) is 105 Å². The number of carbonyl (C=O) groups excluding carboxylic acids is 4. The monoisotopic (exact) mass is 948 g/mol. The summed E-state index contributed by atoms with van der Waals surface area (Å²) in [4.78, 5) is 62.8. The summed E-state index contributed by atoms with van der Waals surface area (Å²) < 4.78 is 11.4. The maximum atomic E-state index is 14.4. The summed E-state index contributed by atoms with van der Waals surface area (Å²) in [5.74, 6) is -1.80. The minimum atomic E-state index is -1.000. The molecular formula is C51H61ClN8O6S. The predicted molar refractivity (Wildman–Crippen MR) is 262 cm³/mol. The van der Waals surface area contributed by atoms with Crippen molar-refractivity contribution in [3.8, 4) is 27.6 Å². The van der Waals surface area contributed by atoms with Crippen molar-refractivity contribution in [2.75, 3.05) is 31.2 Å². The van der Waals surface area contributed by atoms with Gasteiger partial charge in [-0.1, -0.05) is 68.8 Å². The van der Waals surface area contributed by atoms with E-state index in [-0.39, 0.29) is 31.5 Å². The Balaban J connectivity index is 1.05. The van der Waals surface area contributed by atoms with Crippen molar-refractivity contribution in [3.63, 3.8) is 0 Å². The number of carbonyl (C=O) groups is 4. The Hall–Kier alpha value is -6.08. The first kappa shape index (κ1) is 50.3. The van der Waals surface area contributed by atoms with Crippen molar-refractivity contribution in [1.29, 1.82) is 5.26 Å². The summed E-state index contributed by atoms with van der Waals surface area (Å²) in [6.07, 6.45) is 1.70. The molecule has 0 spiro atoms. The molecule has 0 bridgehead atoms. The summed E-state index contributed by atoms with van der Waals surface area (Å²) in [5.41, 5.74) is 11.3. The second-order valence-electron chi connectivity index (χ2n) is 18.3. The predicted octanol–water partition coefficient (Wildman–Crippen LogP) is 9.22. The number of nitriles is 1. The molecule has 0 saturated carbocycles. The summed E-state index contributed by atoms with van der Waals surface area (Å²) in [7, 11) is 0. The van der Waals surface area contributed by atoms with Crippen LogP contribution < -0.4 is 15.5 Å². The number of aromatic nitrogens is 3. The summed E-state index contributed by atoms with van der Waals surface area (Å²) in [5, 5.41) is 23.3. The number of hydrogen-bond donors (Lipinski definition) is 3. The Kier molecular flexibility index (Phi) is 16.6. The van der Waals surface area contributed by atoms with Crippen LogP contribution in [0.1, 0.15) is 100 Å². The van der Waals surface area contributed by atoms with Gasteiger partial charge in [-0.15, -0.1) is 11.3 Å². The molecule has 3 amide bonds. The second-order valence-corrected chi connectivity index (χ2v) is 19.6.